The first kappa shape index (κ1) is 20.5. The van der Waals surface area contributed by atoms with E-state index in [0.717, 1.165) is 10.5 Å². The molecule has 30 heavy (non-hydrogen) atoms. The van der Waals surface area contributed by atoms with Gasteiger partial charge in [0.05, 0.1) is 5.69 Å². The summed E-state index contributed by atoms with van der Waals surface area (Å²) in [5.74, 6) is 3.13. The second kappa shape index (κ2) is 9.79. The number of nitrogens with zero attached hydrogens (tertiary/aromatic N) is 7. The molecule has 0 saturated heterocycles. The van der Waals surface area contributed by atoms with Gasteiger partial charge in [-0.1, -0.05) is 41.6 Å². The SMILES string of the molecule is C#CCCN(C(=O)O)c1cccc(CON=C(c2ccccc2)c2nnnn2C)n1. The van der Waals surface area contributed by atoms with Crippen LogP contribution in [0.1, 0.15) is 23.5 Å². The number of benzene rings is 1. The zero-order valence-electron chi connectivity index (χ0n) is 16.2. The lowest BCUT2D eigenvalue weighted by atomic mass is 10.1. The van der Waals surface area contributed by atoms with Crippen molar-refractivity contribution in [3.63, 3.8) is 0 Å². The van der Waals surface area contributed by atoms with E-state index in [-0.39, 0.29) is 25.4 Å². The topological polar surface area (TPSA) is 119 Å². The first-order chi connectivity index (χ1) is 14.6. The normalized spacial score (nSPS) is 11.0. The van der Waals surface area contributed by atoms with Crippen molar-refractivity contribution >= 4 is 17.6 Å². The van der Waals surface area contributed by atoms with Crippen LogP contribution in [-0.2, 0) is 18.5 Å². The van der Waals surface area contributed by atoms with Gasteiger partial charge in [-0.2, -0.15) is 0 Å². The molecule has 152 valence electrons. The molecule has 10 nitrogen and oxygen atoms in total. The van der Waals surface area contributed by atoms with Gasteiger partial charge in [0.15, 0.2) is 12.3 Å². The van der Waals surface area contributed by atoms with Gasteiger partial charge in [-0.3, -0.25) is 4.90 Å². The molecule has 0 aliphatic carbocycles. The summed E-state index contributed by atoms with van der Waals surface area (Å²) >= 11 is 0. The minimum absolute atomic E-state index is 0.0258. The van der Waals surface area contributed by atoms with Crippen LogP contribution in [0.15, 0.2) is 53.7 Å². The molecule has 0 bridgehead atoms. The van der Waals surface area contributed by atoms with Crippen LogP contribution >= 0.6 is 0 Å². The molecule has 10 heteroatoms. The highest BCUT2D eigenvalue weighted by molar-refractivity contribution is 6.10. The van der Waals surface area contributed by atoms with E-state index in [9.17, 15) is 9.90 Å². The zero-order chi connectivity index (χ0) is 21.3. The number of rotatable bonds is 8. The largest absolute Gasteiger partial charge is 0.465 e. The molecule has 2 heterocycles. The number of hydrogen-bond acceptors (Lipinski definition) is 7. The van der Waals surface area contributed by atoms with Crippen molar-refractivity contribution in [3.8, 4) is 12.3 Å². The molecule has 0 aliphatic rings. The maximum atomic E-state index is 11.5. The lowest BCUT2D eigenvalue weighted by Gasteiger charge is -2.17. The monoisotopic (exact) mass is 405 g/mol. The maximum absolute atomic E-state index is 11.5. The number of amides is 1. The predicted molar refractivity (Wildman–Crippen MR) is 109 cm³/mol. The molecule has 1 aromatic carbocycles. The van der Waals surface area contributed by atoms with Gasteiger partial charge in [0.1, 0.15) is 5.82 Å². The molecule has 0 saturated carbocycles. The molecule has 0 spiro atoms. The van der Waals surface area contributed by atoms with E-state index in [1.807, 2.05) is 30.3 Å². The van der Waals surface area contributed by atoms with Gasteiger partial charge < -0.3 is 9.94 Å². The molecule has 1 amide bonds. The Morgan fingerprint density at radius 1 is 1.27 bits per heavy atom. The van der Waals surface area contributed by atoms with Crippen LogP contribution in [0.3, 0.4) is 0 Å². The van der Waals surface area contributed by atoms with Crippen molar-refractivity contribution in [3.05, 3.63) is 65.6 Å². The maximum Gasteiger partial charge on any atom is 0.413 e. The Balaban J connectivity index is 1.80. The summed E-state index contributed by atoms with van der Waals surface area (Å²) in [5.41, 5.74) is 1.75. The van der Waals surface area contributed by atoms with Crippen LogP contribution in [0, 0.1) is 12.3 Å². The molecule has 0 fully saturated rings. The van der Waals surface area contributed by atoms with Crippen molar-refractivity contribution < 1.29 is 14.7 Å². The summed E-state index contributed by atoms with van der Waals surface area (Å²) in [6.07, 6.45) is 4.39. The lowest BCUT2D eigenvalue weighted by molar-refractivity contribution is 0.128. The van der Waals surface area contributed by atoms with E-state index >= 15 is 0 Å². The Bertz CT molecular complexity index is 1070. The van der Waals surface area contributed by atoms with Crippen LogP contribution < -0.4 is 4.90 Å². The number of anilines is 1. The Morgan fingerprint density at radius 3 is 2.73 bits per heavy atom. The molecular formula is C20H19N7O3. The molecule has 2 aromatic heterocycles. The van der Waals surface area contributed by atoms with E-state index < -0.39 is 6.09 Å². The number of aromatic nitrogens is 5. The summed E-state index contributed by atoms with van der Waals surface area (Å²) in [6, 6.07) is 14.4. The molecule has 1 N–H and O–H groups in total. The minimum atomic E-state index is -1.13. The second-order valence-corrected chi connectivity index (χ2v) is 6.08. The summed E-state index contributed by atoms with van der Waals surface area (Å²) in [5, 5.41) is 25.1. The van der Waals surface area contributed by atoms with Crippen molar-refractivity contribution in [2.75, 3.05) is 11.4 Å². The van der Waals surface area contributed by atoms with E-state index in [1.165, 1.54) is 4.68 Å². The smallest absolute Gasteiger partial charge is 0.413 e. The second-order valence-electron chi connectivity index (χ2n) is 6.08. The number of aryl methyl sites for hydroxylation is 1. The molecule has 0 aliphatic heterocycles. The number of terminal acetylenes is 1. The third kappa shape index (κ3) is 4.96. The van der Waals surface area contributed by atoms with Crippen molar-refractivity contribution in [2.45, 2.75) is 13.0 Å². The van der Waals surface area contributed by atoms with Crippen LogP contribution in [0.5, 0.6) is 0 Å². The average Bonchev–Trinajstić information content (AvgIpc) is 3.18. The van der Waals surface area contributed by atoms with Crippen LogP contribution in [0.4, 0.5) is 10.6 Å². The first-order valence-corrected chi connectivity index (χ1v) is 8.98. The fourth-order valence-corrected chi connectivity index (χ4v) is 2.59. The van der Waals surface area contributed by atoms with Gasteiger partial charge in [0.2, 0.25) is 5.82 Å². The number of carbonyl (C=O) groups is 1. The highest BCUT2D eigenvalue weighted by atomic mass is 16.6. The Labute approximate surface area is 172 Å². The van der Waals surface area contributed by atoms with Gasteiger partial charge in [-0.05, 0) is 22.6 Å². The Kier molecular flexibility index (Phi) is 6.68. The molecule has 3 aromatic rings. The number of pyridine rings is 1. The quantitative estimate of drug-likeness (QED) is 0.346. The van der Waals surface area contributed by atoms with Gasteiger partial charge >= 0.3 is 6.09 Å². The minimum Gasteiger partial charge on any atom is -0.465 e. The number of hydrogen-bond donors (Lipinski definition) is 1. The van der Waals surface area contributed by atoms with Gasteiger partial charge in [0, 0.05) is 25.6 Å². The summed E-state index contributed by atoms with van der Waals surface area (Å²) in [4.78, 5) is 22.4. The Morgan fingerprint density at radius 2 is 2.07 bits per heavy atom. The molecular weight excluding hydrogens is 386 g/mol. The van der Waals surface area contributed by atoms with Crippen LogP contribution in [0.2, 0.25) is 0 Å². The lowest BCUT2D eigenvalue weighted by Crippen LogP contribution is -2.31. The summed E-state index contributed by atoms with van der Waals surface area (Å²) < 4.78 is 1.49. The van der Waals surface area contributed by atoms with E-state index in [0.29, 0.717) is 17.2 Å². The number of tetrazole rings is 1. The number of carboxylic acid groups (broad SMARTS) is 1. The first-order valence-electron chi connectivity index (χ1n) is 8.98. The highest BCUT2D eigenvalue weighted by Gasteiger charge is 2.16. The predicted octanol–water partition coefficient (Wildman–Crippen LogP) is 2.08. The fourth-order valence-electron chi connectivity index (χ4n) is 2.59. The summed E-state index contributed by atoms with van der Waals surface area (Å²) in [6.45, 7) is 0.177. The van der Waals surface area contributed by atoms with Crippen molar-refractivity contribution in [1.82, 2.24) is 25.2 Å². The van der Waals surface area contributed by atoms with Crippen molar-refractivity contribution in [2.24, 2.45) is 12.2 Å². The van der Waals surface area contributed by atoms with E-state index in [4.69, 9.17) is 11.3 Å². The number of oxime groups is 1. The molecule has 0 atom stereocenters. The fraction of sp³-hybridized carbons (Fsp3) is 0.200. The van der Waals surface area contributed by atoms with E-state index in [1.54, 1.807) is 25.2 Å². The average molecular weight is 405 g/mol. The van der Waals surface area contributed by atoms with Gasteiger partial charge in [0.25, 0.3) is 0 Å². The zero-order valence-corrected chi connectivity index (χ0v) is 16.2. The standard InChI is InChI=1S/C20H19N7O3/c1-3-4-13-27(20(28)29)17-12-8-11-16(21-17)14-30-23-18(15-9-6-5-7-10-15)19-22-24-25-26(19)2/h1,5-12H,4,13-14H2,2H3,(H,28,29). The molecule has 3 rings (SSSR count). The van der Waals surface area contributed by atoms with Crippen molar-refractivity contribution in [1.29, 1.82) is 0 Å². The van der Waals surface area contributed by atoms with Gasteiger partial charge in [-0.15, -0.1) is 17.4 Å². The molecule has 0 radical (unpaired) electrons. The third-order valence-corrected chi connectivity index (χ3v) is 4.03. The van der Waals surface area contributed by atoms with E-state index in [2.05, 4.69) is 31.6 Å². The Hall–Kier alpha value is -4.26. The van der Waals surface area contributed by atoms with Gasteiger partial charge in [-0.25, -0.2) is 14.5 Å². The van der Waals surface area contributed by atoms with Crippen LogP contribution in [-0.4, -0.2) is 48.6 Å². The highest BCUT2D eigenvalue weighted by Crippen LogP contribution is 2.14. The van der Waals surface area contributed by atoms with Crippen LogP contribution in [0.25, 0.3) is 0 Å². The molecule has 0 unspecified atom stereocenters. The third-order valence-electron chi connectivity index (χ3n) is 4.03. The summed E-state index contributed by atoms with van der Waals surface area (Å²) in [7, 11) is 1.70.